The Hall–Kier alpha value is -3.34. The molecule has 3 atom stereocenters. The topological polar surface area (TPSA) is 121 Å². The number of anilines is 3. The monoisotopic (exact) mass is 379 g/mol. The molecule has 0 spiro atoms. The highest BCUT2D eigenvalue weighted by atomic mass is 16.6. The van der Waals surface area contributed by atoms with Crippen LogP contribution in [0.5, 0.6) is 0 Å². The molecule has 2 unspecified atom stereocenters. The van der Waals surface area contributed by atoms with Gasteiger partial charge in [-0.2, -0.15) is 5.26 Å². The van der Waals surface area contributed by atoms with Gasteiger partial charge in [-0.05, 0) is 35.9 Å². The number of nitriles is 1. The summed E-state index contributed by atoms with van der Waals surface area (Å²) >= 11 is 0. The van der Waals surface area contributed by atoms with Gasteiger partial charge in [-0.15, -0.1) is 0 Å². The lowest BCUT2D eigenvalue weighted by molar-refractivity contribution is -0.117. The molecule has 1 aromatic carbocycles. The van der Waals surface area contributed by atoms with Gasteiger partial charge >= 0.3 is 6.09 Å². The Bertz CT molecular complexity index is 1010. The summed E-state index contributed by atoms with van der Waals surface area (Å²) in [5.41, 5.74) is 7.34. The van der Waals surface area contributed by atoms with Gasteiger partial charge in [0.1, 0.15) is 12.4 Å². The van der Waals surface area contributed by atoms with E-state index in [1.807, 2.05) is 19.9 Å². The first-order valence-corrected chi connectivity index (χ1v) is 9.24. The Morgan fingerprint density at radius 1 is 1.43 bits per heavy atom. The number of hydrogen-bond acceptors (Lipinski definition) is 6. The van der Waals surface area contributed by atoms with Crippen molar-refractivity contribution in [3.05, 3.63) is 24.4 Å². The summed E-state index contributed by atoms with van der Waals surface area (Å²) < 4.78 is 5.23. The second-order valence-electron chi connectivity index (χ2n) is 7.65. The molecular weight excluding hydrogens is 358 g/mol. The molecule has 3 N–H and O–H groups in total. The van der Waals surface area contributed by atoms with E-state index in [2.05, 4.69) is 16.4 Å². The molecule has 4 rings (SSSR count). The van der Waals surface area contributed by atoms with Gasteiger partial charge in [-0.3, -0.25) is 9.69 Å². The van der Waals surface area contributed by atoms with E-state index >= 15 is 0 Å². The summed E-state index contributed by atoms with van der Waals surface area (Å²) in [5.74, 6) is -0.0724. The minimum absolute atomic E-state index is 0.0665. The molecule has 28 heavy (non-hydrogen) atoms. The number of cyclic esters (lactones) is 1. The maximum Gasteiger partial charge on any atom is 0.414 e. The first-order valence-electron chi connectivity index (χ1n) is 9.24. The molecule has 1 aliphatic carbocycles. The van der Waals surface area contributed by atoms with E-state index in [4.69, 9.17) is 15.7 Å². The highest BCUT2D eigenvalue weighted by molar-refractivity contribution is 6.02. The predicted molar refractivity (Wildman–Crippen MR) is 104 cm³/mol. The maximum absolute atomic E-state index is 12.3. The number of pyridine rings is 1. The van der Waals surface area contributed by atoms with E-state index in [0.29, 0.717) is 30.2 Å². The molecule has 144 valence electrons. The van der Waals surface area contributed by atoms with Crippen molar-refractivity contribution >= 4 is 40.0 Å². The fourth-order valence-corrected chi connectivity index (χ4v) is 3.55. The molecule has 0 bridgehead atoms. The van der Waals surface area contributed by atoms with E-state index in [1.54, 1.807) is 23.2 Å². The number of hydrogen-bond donors (Lipinski definition) is 2. The van der Waals surface area contributed by atoms with Crippen molar-refractivity contribution < 1.29 is 14.3 Å². The molecule has 1 saturated heterocycles. The molecule has 2 fully saturated rings. The van der Waals surface area contributed by atoms with Crippen molar-refractivity contribution in [2.24, 2.45) is 17.8 Å². The lowest BCUT2D eigenvalue weighted by atomic mass is 10.0. The number of nitrogens with two attached hydrogens (primary N) is 1. The third kappa shape index (κ3) is 3.09. The number of amides is 2. The van der Waals surface area contributed by atoms with Crippen molar-refractivity contribution in [3.63, 3.8) is 0 Å². The molecule has 2 amide bonds. The van der Waals surface area contributed by atoms with Gasteiger partial charge in [-0.25, -0.2) is 9.78 Å². The van der Waals surface area contributed by atoms with Crippen LogP contribution in [-0.4, -0.2) is 29.6 Å². The van der Waals surface area contributed by atoms with Gasteiger partial charge in [0.05, 0.1) is 29.6 Å². The van der Waals surface area contributed by atoms with Crippen LogP contribution in [0.2, 0.25) is 0 Å². The lowest BCUT2D eigenvalue weighted by Crippen LogP contribution is -2.37. The Balaban J connectivity index is 1.66. The summed E-state index contributed by atoms with van der Waals surface area (Å²) in [5, 5.41) is 13.1. The van der Waals surface area contributed by atoms with Crippen LogP contribution in [0, 0.1) is 29.1 Å². The van der Waals surface area contributed by atoms with Gasteiger partial charge in [-0.1, -0.05) is 13.8 Å². The van der Waals surface area contributed by atoms with Gasteiger partial charge in [0, 0.05) is 17.3 Å². The van der Waals surface area contributed by atoms with E-state index in [-0.39, 0.29) is 29.7 Å². The fraction of sp³-hybridized carbons (Fsp3) is 0.400. The molecule has 0 radical (unpaired) electrons. The van der Waals surface area contributed by atoms with Gasteiger partial charge in [0.25, 0.3) is 0 Å². The van der Waals surface area contributed by atoms with E-state index in [1.165, 1.54) is 0 Å². The molecule has 8 nitrogen and oxygen atoms in total. The van der Waals surface area contributed by atoms with E-state index in [9.17, 15) is 9.59 Å². The van der Waals surface area contributed by atoms with Gasteiger partial charge < -0.3 is 15.8 Å². The van der Waals surface area contributed by atoms with Crippen molar-refractivity contribution in [1.82, 2.24) is 4.98 Å². The first kappa shape index (κ1) is 18.0. The molecule has 1 aliphatic heterocycles. The molecule has 1 saturated carbocycles. The number of rotatable bonds is 4. The van der Waals surface area contributed by atoms with Crippen LogP contribution in [0.25, 0.3) is 10.8 Å². The largest absolute Gasteiger partial charge is 0.447 e. The minimum atomic E-state index is -0.392. The number of ether oxygens (including phenoxy) is 1. The summed E-state index contributed by atoms with van der Waals surface area (Å²) in [6.45, 7) is 4.41. The molecule has 2 aromatic rings. The predicted octanol–water partition coefficient (Wildman–Crippen LogP) is 2.90. The molecule has 2 heterocycles. The number of aromatic nitrogens is 1. The molecule has 8 heteroatoms. The third-order valence-corrected chi connectivity index (χ3v) is 5.35. The average molecular weight is 379 g/mol. The fourth-order valence-electron chi connectivity index (χ4n) is 3.55. The maximum atomic E-state index is 12.3. The Kier molecular flexibility index (Phi) is 4.30. The first-order chi connectivity index (χ1) is 13.4. The summed E-state index contributed by atoms with van der Waals surface area (Å²) in [4.78, 5) is 30.3. The summed E-state index contributed by atoms with van der Waals surface area (Å²) in [6, 6.07) is 7.35. The molecular formula is C20H21N5O3. The number of fused-ring (bicyclic) bond motifs is 1. The minimum Gasteiger partial charge on any atom is -0.447 e. The number of carbonyl (C=O) groups excluding carboxylic acids is 2. The van der Waals surface area contributed by atoms with Crippen molar-refractivity contribution in [3.8, 4) is 6.07 Å². The number of nitrogen functional groups attached to an aromatic ring is 1. The van der Waals surface area contributed by atoms with E-state index < -0.39 is 6.09 Å². The summed E-state index contributed by atoms with van der Waals surface area (Å²) in [6.07, 6.45) is 1.79. The third-order valence-electron chi connectivity index (χ3n) is 5.35. The zero-order chi connectivity index (χ0) is 20.0. The smallest absolute Gasteiger partial charge is 0.414 e. The zero-order valence-electron chi connectivity index (χ0n) is 15.7. The zero-order valence-corrected chi connectivity index (χ0v) is 15.7. The van der Waals surface area contributed by atoms with E-state index in [0.717, 1.165) is 10.8 Å². The van der Waals surface area contributed by atoms with Crippen LogP contribution in [0.4, 0.5) is 22.0 Å². The van der Waals surface area contributed by atoms with Crippen LogP contribution < -0.4 is 16.0 Å². The number of carbonyl (C=O) groups is 2. The quantitative estimate of drug-likeness (QED) is 0.788. The second kappa shape index (κ2) is 6.68. The summed E-state index contributed by atoms with van der Waals surface area (Å²) in [7, 11) is 0. The van der Waals surface area contributed by atoms with Gasteiger partial charge in [0.2, 0.25) is 5.91 Å². The molecule has 2 aliphatic rings. The second-order valence-corrected chi connectivity index (χ2v) is 7.65. The standard InChI is InChI=1S/C20H21N5O3/c1-10(2)17-9-28-20(27)25(17)13-3-11-5-18(23-8-15(11)16(22)6-13)24-19(26)14-4-12(14)7-21/h3,5-6,8,10,12,14,17H,4,9,22H2,1-2H3,(H,23,24,26)/t12?,14-,17?/m1/s1. The number of benzene rings is 1. The van der Waals surface area contributed by atoms with Crippen molar-refractivity contribution in [2.75, 3.05) is 22.6 Å². The van der Waals surface area contributed by atoms with Crippen LogP contribution >= 0.6 is 0 Å². The van der Waals surface area contributed by atoms with Crippen molar-refractivity contribution in [2.45, 2.75) is 26.3 Å². The lowest BCUT2D eigenvalue weighted by Gasteiger charge is -2.25. The highest BCUT2D eigenvalue weighted by Crippen LogP contribution is 2.39. The van der Waals surface area contributed by atoms with Crippen LogP contribution in [0.3, 0.4) is 0 Å². The SMILES string of the molecule is CC(C)C1COC(=O)N1c1cc(N)c2cnc(NC(=O)[C@@H]3CC3C#N)cc2c1. The Labute approximate surface area is 162 Å². The van der Waals surface area contributed by atoms with Crippen molar-refractivity contribution in [1.29, 1.82) is 5.26 Å². The van der Waals surface area contributed by atoms with Crippen LogP contribution in [0.1, 0.15) is 20.3 Å². The Morgan fingerprint density at radius 2 is 2.21 bits per heavy atom. The van der Waals surface area contributed by atoms with Gasteiger partial charge in [0.15, 0.2) is 0 Å². The van der Waals surface area contributed by atoms with Crippen LogP contribution in [0.15, 0.2) is 24.4 Å². The Morgan fingerprint density at radius 3 is 2.89 bits per heavy atom. The van der Waals surface area contributed by atoms with Crippen LogP contribution in [-0.2, 0) is 9.53 Å². The number of nitrogens with zero attached hydrogens (tertiary/aromatic N) is 3. The normalized spacial score (nSPS) is 23.6. The number of nitrogens with one attached hydrogen (secondary N) is 1. The molecule has 1 aromatic heterocycles. The average Bonchev–Trinajstić information content (AvgIpc) is 3.35. The highest BCUT2D eigenvalue weighted by Gasteiger charge is 2.43.